The van der Waals surface area contributed by atoms with Crippen molar-refractivity contribution in [2.24, 2.45) is 0 Å². The van der Waals surface area contributed by atoms with E-state index in [1.807, 2.05) is 12.1 Å². The first-order chi connectivity index (χ1) is 8.08. The first kappa shape index (κ1) is 14.0. The van der Waals surface area contributed by atoms with E-state index in [1.54, 1.807) is 14.0 Å². The molecular weight excluding hydrogens is 216 g/mol. The lowest BCUT2D eigenvalue weighted by atomic mass is 10.0. The van der Waals surface area contributed by atoms with Crippen LogP contribution < -0.4 is 4.74 Å². The van der Waals surface area contributed by atoms with Crippen LogP contribution in [0.15, 0.2) is 18.2 Å². The molecular formula is C14H22O3. The second-order valence-corrected chi connectivity index (χ2v) is 4.35. The van der Waals surface area contributed by atoms with Gasteiger partial charge in [0, 0.05) is 0 Å². The van der Waals surface area contributed by atoms with Gasteiger partial charge >= 0.3 is 0 Å². The Morgan fingerprint density at radius 3 is 2.53 bits per heavy atom. The summed E-state index contributed by atoms with van der Waals surface area (Å²) in [5.41, 5.74) is 2.35. The number of aliphatic hydroxyl groups is 2. The average Bonchev–Trinajstić information content (AvgIpc) is 2.35. The molecule has 0 bridgehead atoms. The van der Waals surface area contributed by atoms with E-state index in [0.717, 1.165) is 17.7 Å². The van der Waals surface area contributed by atoms with Gasteiger partial charge in [0.1, 0.15) is 5.75 Å². The molecule has 0 spiro atoms. The standard InChI is InChI=1S/C14H22O3/c1-4-11-5-8-14(17-3)12(9-11)6-7-13(16)10(2)15/h5,8-10,13,15-16H,4,6-7H2,1-3H3. The predicted octanol–water partition coefficient (Wildman–Crippen LogP) is 1.93. The van der Waals surface area contributed by atoms with Crippen molar-refractivity contribution in [3.05, 3.63) is 29.3 Å². The van der Waals surface area contributed by atoms with Crippen molar-refractivity contribution in [1.29, 1.82) is 0 Å². The van der Waals surface area contributed by atoms with E-state index in [0.29, 0.717) is 12.8 Å². The Labute approximate surface area is 103 Å². The third kappa shape index (κ3) is 4.02. The molecule has 3 heteroatoms. The second kappa shape index (κ2) is 6.62. The third-order valence-corrected chi connectivity index (χ3v) is 3.02. The highest BCUT2D eigenvalue weighted by molar-refractivity contribution is 5.37. The monoisotopic (exact) mass is 238 g/mol. The highest BCUT2D eigenvalue weighted by atomic mass is 16.5. The van der Waals surface area contributed by atoms with Gasteiger partial charge < -0.3 is 14.9 Å². The van der Waals surface area contributed by atoms with Gasteiger partial charge in [-0.05, 0) is 43.4 Å². The van der Waals surface area contributed by atoms with Crippen LogP contribution in [-0.2, 0) is 12.8 Å². The van der Waals surface area contributed by atoms with Crippen LogP contribution in [0.3, 0.4) is 0 Å². The van der Waals surface area contributed by atoms with Gasteiger partial charge in [0.15, 0.2) is 0 Å². The first-order valence-electron chi connectivity index (χ1n) is 6.10. The number of hydrogen-bond acceptors (Lipinski definition) is 3. The summed E-state index contributed by atoms with van der Waals surface area (Å²) in [4.78, 5) is 0. The van der Waals surface area contributed by atoms with Crippen molar-refractivity contribution >= 4 is 0 Å². The van der Waals surface area contributed by atoms with E-state index in [4.69, 9.17) is 4.74 Å². The topological polar surface area (TPSA) is 49.7 Å². The summed E-state index contributed by atoms with van der Waals surface area (Å²) in [6.07, 6.45) is 0.876. The van der Waals surface area contributed by atoms with E-state index in [2.05, 4.69) is 13.0 Å². The Morgan fingerprint density at radius 1 is 1.29 bits per heavy atom. The normalized spacial score (nSPS) is 14.4. The second-order valence-electron chi connectivity index (χ2n) is 4.35. The van der Waals surface area contributed by atoms with E-state index in [1.165, 1.54) is 5.56 Å². The van der Waals surface area contributed by atoms with Crippen LogP contribution >= 0.6 is 0 Å². The van der Waals surface area contributed by atoms with E-state index < -0.39 is 12.2 Å². The third-order valence-electron chi connectivity index (χ3n) is 3.02. The number of ether oxygens (including phenoxy) is 1. The lowest BCUT2D eigenvalue weighted by Crippen LogP contribution is -2.22. The van der Waals surface area contributed by atoms with Crippen molar-refractivity contribution in [3.63, 3.8) is 0 Å². The minimum atomic E-state index is -0.685. The number of aliphatic hydroxyl groups excluding tert-OH is 2. The summed E-state index contributed by atoms with van der Waals surface area (Å²) in [5.74, 6) is 0.847. The quantitative estimate of drug-likeness (QED) is 0.796. The molecule has 0 aliphatic rings. The minimum Gasteiger partial charge on any atom is -0.496 e. The molecule has 17 heavy (non-hydrogen) atoms. The molecule has 1 rings (SSSR count). The SMILES string of the molecule is CCc1ccc(OC)c(CCC(O)C(C)O)c1. The molecule has 0 saturated heterocycles. The molecule has 0 aliphatic heterocycles. The molecule has 1 aromatic carbocycles. The molecule has 0 saturated carbocycles. The average molecular weight is 238 g/mol. The number of benzene rings is 1. The van der Waals surface area contributed by atoms with E-state index >= 15 is 0 Å². The van der Waals surface area contributed by atoms with Crippen molar-refractivity contribution in [1.82, 2.24) is 0 Å². The van der Waals surface area contributed by atoms with Gasteiger partial charge in [-0.3, -0.25) is 0 Å². The zero-order valence-electron chi connectivity index (χ0n) is 10.8. The summed E-state index contributed by atoms with van der Waals surface area (Å²) in [7, 11) is 1.65. The maximum atomic E-state index is 9.59. The summed E-state index contributed by atoms with van der Waals surface area (Å²) in [5, 5.41) is 18.8. The molecule has 0 fully saturated rings. The Balaban J connectivity index is 2.74. The Kier molecular flexibility index (Phi) is 5.45. The Bertz CT molecular complexity index is 347. The van der Waals surface area contributed by atoms with Gasteiger partial charge in [-0.1, -0.05) is 19.1 Å². The lowest BCUT2D eigenvalue weighted by molar-refractivity contribution is 0.0264. The molecule has 0 aliphatic carbocycles. The van der Waals surface area contributed by atoms with Crippen molar-refractivity contribution in [3.8, 4) is 5.75 Å². The van der Waals surface area contributed by atoms with Gasteiger partial charge in [0.25, 0.3) is 0 Å². The number of rotatable bonds is 6. The minimum absolute atomic E-state index is 0.543. The maximum absolute atomic E-state index is 9.59. The first-order valence-corrected chi connectivity index (χ1v) is 6.10. The molecule has 3 nitrogen and oxygen atoms in total. The fourth-order valence-electron chi connectivity index (χ4n) is 1.79. The van der Waals surface area contributed by atoms with Crippen LogP contribution in [0, 0.1) is 0 Å². The van der Waals surface area contributed by atoms with E-state index in [9.17, 15) is 10.2 Å². The van der Waals surface area contributed by atoms with Crippen molar-refractivity contribution < 1.29 is 14.9 Å². The predicted molar refractivity (Wildman–Crippen MR) is 68.4 cm³/mol. The molecule has 2 atom stereocenters. The fourth-order valence-corrected chi connectivity index (χ4v) is 1.79. The van der Waals surface area contributed by atoms with Gasteiger partial charge in [0.05, 0.1) is 19.3 Å². The molecule has 0 amide bonds. The number of aryl methyl sites for hydroxylation is 2. The Morgan fingerprint density at radius 2 is 2.00 bits per heavy atom. The molecule has 0 radical (unpaired) electrons. The molecule has 0 aromatic heterocycles. The summed E-state index contributed by atoms with van der Waals surface area (Å²) in [6, 6.07) is 6.12. The zero-order chi connectivity index (χ0) is 12.8. The van der Waals surface area contributed by atoms with Crippen LogP contribution in [-0.4, -0.2) is 29.5 Å². The smallest absolute Gasteiger partial charge is 0.122 e. The van der Waals surface area contributed by atoms with Crippen LogP contribution in [0.1, 0.15) is 31.4 Å². The highest BCUT2D eigenvalue weighted by Crippen LogP contribution is 2.22. The van der Waals surface area contributed by atoms with Crippen LogP contribution in [0.4, 0.5) is 0 Å². The summed E-state index contributed by atoms with van der Waals surface area (Å²) < 4.78 is 5.29. The molecule has 2 N–H and O–H groups in total. The van der Waals surface area contributed by atoms with Crippen LogP contribution in [0.25, 0.3) is 0 Å². The number of methoxy groups -OCH3 is 1. The molecule has 1 aromatic rings. The lowest BCUT2D eigenvalue weighted by Gasteiger charge is -2.15. The highest BCUT2D eigenvalue weighted by Gasteiger charge is 2.12. The fraction of sp³-hybridized carbons (Fsp3) is 0.571. The zero-order valence-corrected chi connectivity index (χ0v) is 10.8. The van der Waals surface area contributed by atoms with Crippen LogP contribution in [0.2, 0.25) is 0 Å². The molecule has 2 unspecified atom stereocenters. The summed E-state index contributed by atoms with van der Waals surface area (Å²) >= 11 is 0. The summed E-state index contributed by atoms with van der Waals surface area (Å²) in [6.45, 7) is 3.71. The van der Waals surface area contributed by atoms with Crippen molar-refractivity contribution in [2.45, 2.75) is 45.3 Å². The van der Waals surface area contributed by atoms with Gasteiger partial charge in [0.2, 0.25) is 0 Å². The molecule has 0 heterocycles. The van der Waals surface area contributed by atoms with E-state index in [-0.39, 0.29) is 0 Å². The van der Waals surface area contributed by atoms with Crippen molar-refractivity contribution in [2.75, 3.05) is 7.11 Å². The Hall–Kier alpha value is -1.06. The van der Waals surface area contributed by atoms with Gasteiger partial charge in [-0.2, -0.15) is 0 Å². The van der Waals surface area contributed by atoms with Gasteiger partial charge in [-0.15, -0.1) is 0 Å². The molecule has 96 valence electrons. The van der Waals surface area contributed by atoms with Gasteiger partial charge in [-0.25, -0.2) is 0 Å². The number of hydrogen-bond donors (Lipinski definition) is 2. The largest absolute Gasteiger partial charge is 0.496 e. The van der Waals surface area contributed by atoms with Crippen LogP contribution in [0.5, 0.6) is 5.75 Å². The maximum Gasteiger partial charge on any atom is 0.122 e.